The van der Waals surface area contributed by atoms with Crippen LogP contribution in [0.15, 0.2) is 34.9 Å². The summed E-state index contributed by atoms with van der Waals surface area (Å²) in [5, 5.41) is 6.44. The third-order valence-electron chi connectivity index (χ3n) is 3.36. The second-order valence-corrected chi connectivity index (χ2v) is 6.40. The van der Waals surface area contributed by atoms with E-state index in [9.17, 15) is 13.6 Å². The number of aromatic nitrogens is 1. The highest BCUT2D eigenvalue weighted by Gasteiger charge is 2.23. The van der Waals surface area contributed by atoms with Gasteiger partial charge in [0.25, 0.3) is 5.91 Å². The van der Waals surface area contributed by atoms with Crippen molar-refractivity contribution in [3.8, 4) is 10.6 Å². The molecule has 0 saturated heterocycles. The molecule has 3 N–H and O–H groups in total. The Balaban J connectivity index is 1.80. The number of benzene rings is 1. The molecule has 24 heavy (non-hydrogen) atoms. The molecule has 0 saturated carbocycles. The summed E-state index contributed by atoms with van der Waals surface area (Å²) < 4.78 is 31.0. The first-order valence-electron chi connectivity index (χ1n) is 7.00. The third-order valence-corrected chi connectivity index (χ3v) is 4.36. The van der Waals surface area contributed by atoms with E-state index in [2.05, 4.69) is 10.5 Å². The van der Waals surface area contributed by atoms with Gasteiger partial charge in [-0.05, 0) is 36.8 Å². The Morgan fingerprint density at radius 2 is 2.08 bits per heavy atom. The number of nitrogen functional groups attached to an aromatic ring is 1. The van der Waals surface area contributed by atoms with Crippen molar-refractivity contribution in [3.63, 3.8) is 0 Å². The van der Waals surface area contributed by atoms with Crippen LogP contribution in [0, 0.1) is 18.6 Å². The summed E-state index contributed by atoms with van der Waals surface area (Å²) in [6.45, 7) is 1.95. The van der Waals surface area contributed by atoms with E-state index in [0.29, 0.717) is 11.3 Å². The number of thiophene rings is 1. The molecule has 1 amide bonds. The molecule has 0 fully saturated rings. The average molecular weight is 349 g/mol. The van der Waals surface area contributed by atoms with Gasteiger partial charge in [-0.15, -0.1) is 11.3 Å². The minimum Gasteiger partial charge on any atom is -0.367 e. The highest BCUT2D eigenvalue weighted by molar-refractivity contribution is 7.15. The lowest BCUT2D eigenvalue weighted by Crippen LogP contribution is -2.23. The van der Waals surface area contributed by atoms with Gasteiger partial charge in [-0.25, -0.2) is 8.78 Å². The van der Waals surface area contributed by atoms with E-state index in [1.807, 2.05) is 19.1 Å². The Labute approximate surface area is 140 Å². The van der Waals surface area contributed by atoms with E-state index < -0.39 is 17.5 Å². The van der Waals surface area contributed by atoms with Crippen molar-refractivity contribution in [2.45, 2.75) is 13.5 Å². The number of aryl methyl sites for hydroxylation is 1. The van der Waals surface area contributed by atoms with Gasteiger partial charge >= 0.3 is 0 Å². The molecule has 0 aliphatic heterocycles. The van der Waals surface area contributed by atoms with Crippen LogP contribution in [0.4, 0.5) is 14.7 Å². The van der Waals surface area contributed by atoms with Crippen molar-refractivity contribution in [2.24, 2.45) is 0 Å². The van der Waals surface area contributed by atoms with Crippen molar-refractivity contribution in [1.82, 2.24) is 10.5 Å². The van der Waals surface area contributed by atoms with E-state index in [1.165, 1.54) is 17.4 Å². The predicted molar refractivity (Wildman–Crippen MR) is 86.5 cm³/mol. The van der Waals surface area contributed by atoms with Crippen LogP contribution in [0.2, 0.25) is 0 Å². The quantitative estimate of drug-likeness (QED) is 0.755. The van der Waals surface area contributed by atoms with E-state index in [1.54, 1.807) is 0 Å². The summed E-state index contributed by atoms with van der Waals surface area (Å²) in [7, 11) is 0. The van der Waals surface area contributed by atoms with Crippen LogP contribution in [0.1, 0.15) is 20.8 Å². The molecule has 1 aromatic carbocycles. The van der Waals surface area contributed by atoms with Crippen LogP contribution in [0.5, 0.6) is 0 Å². The number of amides is 1. The lowest BCUT2D eigenvalue weighted by molar-refractivity contribution is 0.0952. The van der Waals surface area contributed by atoms with Crippen molar-refractivity contribution in [3.05, 3.63) is 58.0 Å². The van der Waals surface area contributed by atoms with Crippen molar-refractivity contribution in [1.29, 1.82) is 0 Å². The maximum atomic E-state index is 13.2. The van der Waals surface area contributed by atoms with Gasteiger partial charge in [-0.1, -0.05) is 11.2 Å². The molecule has 0 bridgehead atoms. The van der Waals surface area contributed by atoms with E-state index in [4.69, 9.17) is 10.3 Å². The Morgan fingerprint density at radius 1 is 1.29 bits per heavy atom. The Bertz CT molecular complexity index is 905. The largest absolute Gasteiger partial charge is 0.367 e. The molecule has 2 aromatic heterocycles. The molecule has 8 heteroatoms. The predicted octanol–water partition coefficient (Wildman–Crippen LogP) is 3.50. The molecule has 0 spiro atoms. The molecule has 5 nitrogen and oxygen atoms in total. The highest BCUT2D eigenvalue weighted by atomic mass is 32.1. The maximum Gasteiger partial charge on any atom is 0.259 e. The number of rotatable bonds is 4. The molecule has 0 radical (unpaired) electrons. The van der Waals surface area contributed by atoms with Crippen LogP contribution in [-0.4, -0.2) is 11.1 Å². The summed E-state index contributed by atoms with van der Waals surface area (Å²) in [6.07, 6.45) is 0. The van der Waals surface area contributed by atoms with Gasteiger partial charge < -0.3 is 15.6 Å². The lowest BCUT2D eigenvalue weighted by atomic mass is 10.1. The van der Waals surface area contributed by atoms with Gasteiger partial charge in [-0.2, -0.15) is 0 Å². The van der Waals surface area contributed by atoms with Crippen molar-refractivity contribution in [2.75, 3.05) is 5.73 Å². The first-order chi connectivity index (χ1) is 11.5. The SMILES string of the molecule is Cc1ccc(-c2noc(N)c2C(=O)NCc2ccc(F)c(F)c2)s1. The molecule has 0 unspecified atom stereocenters. The van der Waals surface area contributed by atoms with Crippen molar-refractivity contribution < 1.29 is 18.1 Å². The third kappa shape index (κ3) is 3.13. The normalized spacial score (nSPS) is 10.8. The fourth-order valence-electron chi connectivity index (χ4n) is 2.17. The first kappa shape index (κ1) is 16.1. The van der Waals surface area contributed by atoms with Gasteiger partial charge in [-0.3, -0.25) is 4.79 Å². The first-order valence-corrected chi connectivity index (χ1v) is 7.81. The minimum atomic E-state index is -0.971. The number of hydrogen-bond donors (Lipinski definition) is 2. The summed E-state index contributed by atoms with van der Waals surface area (Å²) >= 11 is 1.45. The number of hydrogen-bond acceptors (Lipinski definition) is 5. The van der Waals surface area contributed by atoms with Gasteiger partial charge in [0.05, 0.1) is 4.88 Å². The van der Waals surface area contributed by atoms with Crippen molar-refractivity contribution >= 4 is 23.1 Å². The van der Waals surface area contributed by atoms with Crippen LogP contribution in [0.25, 0.3) is 10.6 Å². The van der Waals surface area contributed by atoms with Crippen LogP contribution < -0.4 is 11.1 Å². The summed E-state index contributed by atoms with van der Waals surface area (Å²) in [4.78, 5) is 14.2. The number of nitrogens with zero attached hydrogens (tertiary/aromatic N) is 1. The maximum absolute atomic E-state index is 13.2. The number of nitrogens with one attached hydrogen (secondary N) is 1. The standard InChI is InChI=1S/C16H13F2N3O2S/c1-8-2-5-12(24-8)14-13(15(19)23-21-14)16(22)20-7-9-3-4-10(17)11(18)6-9/h2-6H,7,19H2,1H3,(H,20,22). The number of carbonyl (C=O) groups excluding carboxylic acids is 1. The second-order valence-electron chi connectivity index (χ2n) is 5.11. The van der Waals surface area contributed by atoms with Crippen LogP contribution in [0.3, 0.4) is 0 Å². The fourth-order valence-corrected chi connectivity index (χ4v) is 3.03. The van der Waals surface area contributed by atoms with Crippen LogP contribution >= 0.6 is 11.3 Å². The molecule has 0 aliphatic rings. The Hall–Kier alpha value is -2.74. The zero-order valence-electron chi connectivity index (χ0n) is 12.6. The molecule has 0 aliphatic carbocycles. The number of nitrogens with two attached hydrogens (primary N) is 1. The molecule has 3 rings (SSSR count). The minimum absolute atomic E-state index is 0.0174. The van der Waals surface area contributed by atoms with Crippen LogP contribution in [-0.2, 0) is 6.54 Å². The molecular weight excluding hydrogens is 336 g/mol. The highest BCUT2D eigenvalue weighted by Crippen LogP contribution is 2.32. The fraction of sp³-hybridized carbons (Fsp3) is 0.125. The smallest absolute Gasteiger partial charge is 0.259 e. The molecule has 3 aromatic rings. The Morgan fingerprint density at radius 3 is 2.75 bits per heavy atom. The number of anilines is 1. The van der Waals surface area contributed by atoms with Gasteiger partial charge in [0.2, 0.25) is 5.88 Å². The summed E-state index contributed by atoms with van der Waals surface area (Å²) in [5.41, 5.74) is 6.61. The van der Waals surface area contributed by atoms with Gasteiger partial charge in [0.15, 0.2) is 11.6 Å². The molecule has 2 heterocycles. The number of carbonyl (C=O) groups is 1. The van der Waals surface area contributed by atoms with Gasteiger partial charge in [0, 0.05) is 11.4 Å². The molecule has 0 atom stereocenters. The monoisotopic (exact) mass is 349 g/mol. The number of halogens is 2. The summed E-state index contributed by atoms with van der Waals surface area (Å²) in [6, 6.07) is 7.14. The zero-order chi connectivity index (χ0) is 17.3. The molecule has 124 valence electrons. The van der Waals surface area contributed by atoms with E-state index in [-0.39, 0.29) is 18.0 Å². The van der Waals surface area contributed by atoms with Gasteiger partial charge in [0.1, 0.15) is 11.3 Å². The van der Waals surface area contributed by atoms with E-state index in [0.717, 1.165) is 21.9 Å². The lowest BCUT2D eigenvalue weighted by Gasteiger charge is -2.06. The summed E-state index contributed by atoms with van der Waals surface area (Å²) in [5.74, 6) is -2.51. The van der Waals surface area contributed by atoms with E-state index >= 15 is 0 Å². The second kappa shape index (κ2) is 6.40. The molecular formula is C16H13F2N3O2S. The average Bonchev–Trinajstić information content (AvgIpc) is 3.14. The Kier molecular flexibility index (Phi) is 4.30. The topological polar surface area (TPSA) is 81.2 Å². The zero-order valence-corrected chi connectivity index (χ0v) is 13.4.